The summed E-state index contributed by atoms with van der Waals surface area (Å²) >= 11 is 0. The second-order valence-corrected chi connectivity index (χ2v) is 7.42. The minimum Gasteiger partial charge on any atom is -0.392 e. The Bertz CT molecular complexity index is 690. The number of fused-ring (bicyclic) bond motifs is 6. The summed E-state index contributed by atoms with van der Waals surface area (Å²) in [5, 5.41) is 16.6. The number of aliphatic hydroxyl groups is 1. The molecule has 2 bridgehead atoms. The van der Waals surface area contributed by atoms with Crippen LogP contribution in [0.4, 0.5) is 0 Å². The van der Waals surface area contributed by atoms with Crippen LogP contribution in [0.2, 0.25) is 0 Å². The van der Waals surface area contributed by atoms with Crippen LogP contribution in [0.15, 0.2) is 24.3 Å². The SMILES string of the molecule is Cn1nc(CC(O)C2C3C4CCC(C4)C23)c2ccccc21. The third-order valence-corrected chi connectivity index (χ3v) is 6.48. The average Bonchev–Trinajstić information content (AvgIpc) is 2.77. The van der Waals surface area contributed by atoms with E-state index in [1.54, 1.807) is 0 Å². The molecule has 3 aliphatic rings. The van der Waals surface area contributed by atoms with Crippen molar-refractivity contribution in [2.24, 2.45) is 36.6 Å². The molecule has 5 unspecified atom stereocenters. The molecule has 110 valence electrons. The summed E-state index contributed by atoms with van der Waals surface area (Å²) in [6.45, 7) is 0. The van der Waals surface area contributed by atoms with Crippen molar-refractivity contribution >= 4 is 10.9 Å². The number of aromatic nitrogens is 2. The number of aliphatic hydroxyl groups excluding tert-OH is 1. The minimum atomic E-state index is -0.193. The molecule has 3 aliphatic carbocycles. The van der Waals surface area contributed by atoms with E-state index in [0.29, 0.717) is 5.92 Å². The van der Waals surface area contributed by atoms with Gasteiger partial charge in [-0.15, -0.1) is 0 Å². The molecule has 5 atom stereocenters. The highest BCUT2D eigenvalue weighted by atomic mass is 16.3. The van der Waals surface area contributed by atoms with Gasteiger partial charge in [0.15, 0.2) is 0 Å². The lowest BCUT2D eigenvalue weighted by Crippen LogP contribution is -2.19. The highest BCUT2D eigenvalue weighted by Crippen LogP contribution is 2.70. The minimum absolute atomic E-state index is 0.193. The molecule has 3 heteroatoms. The smallest absolute Gasteiger partial charge is 0.0729 e. The molecule has 3 nitrogen and oxygen atoms in total. The molecule has 3 saturated carbocycles. The molecule has 2 aromatic rings. The third-order valence-electron chi connectivity index (χ3n) is 6.48. The Morgan fingerprint density at radius 3 is 2.71 bits per heavy atom. The van der Waals surface area contributed by atoms with E-state index in [-0.39, 0.29) is 6.10 Å². The van der Waals surface area contributed by atoms with Crippen LogP contribution in [-0.2, 0) is 13.5 Å². The predicted molar refractivity (Wildman–Crippen MR) is 81.7 cm³/mol. The lowest BCUT2D eigenvalue weighted by molar-refractivity contribution is 0.128. The van der Waals surface area contributed by atoms with Crippen LogP contribution in [0.5, 0.6) is 0 Å². The Hall–Kier alpha value is -1.35. The first-order valence-corrected chi connectivity index (χ1v) is 8.32. The van der Waals surface area contributed by atoms with Gasteiger partial charge in [-0.05, 0) is 54.9 Å². The zero-order chi connectivity index (χ0) is 14.1. The Morgan fingerprint density at radius 1 is 1.24 bits per heavy atom. The molecule has 3 fully saturated rings. The van der Waals surface area contributed by atoms with Gasteiger partial charge in [-0.3, -0.25) is 4.68 Å². The van der Waals surface area contributed by atoms with Crippen molar-refractivity contribution in [2.75, 3.05) is 0 Å². The summed E-state index contributed by atoms with van der Waals surface area (Å²) in [7, 11) is 1.99. The summed E-state index contributed by atoms with van der Waals surface area (Å²) in [4.78, 5) is 0. The summed E-state index contributed by atoms with van der Waals surface area (Å²) in [5.74, 6) is 4.11. The maximum Gasteiger partial charge on any atom is 0.0729 e. The molecular weight excluding hydrogens is 260 g/mol. The van der Waals surface area contributed by atoms with E-state index in [1.807, 2.05) is 17.8 Å². The fourth-order valence-corrected chi connectivity index (χ4v) is 5.68. The number of para-hydroxylation sites is 1. The number of nitrogens with zero attached hydrogens (tertiary/aromatic N) is 2. The number of hydrogen-bond donors (Lipinski definition) is 1. The van der Waals surface area contributed by atoms with Crippen LogP contribution in [0.1, 0.15) is 25.0 Å². The lowest BCUT2D eigenvalue weighted by Gasteiger charge is -2.14. The molecule has 21 heavy (non-hydrogen) atoms. The monoisotopic (exact) mass is 282 g/mol. The molecule has 1 aromatic heterocycles. The van der Waals surface area contributed by atoms with Gasteiger partial charge in [-0.2, -0.15) is 5.10 Å². The Kier molecular flexibility index (Phi) is 2.38. The van der Waals surface area contributed by atoms with Gasteiger partial charge in [-0.25, -0.2) is 0 Å². The van der Waals surface area contributed by atoms with Crippen LogP contribution in [0.25, 0.3) is 10.9 Å². The normalized spacial score (nSPS) is 37.9. The molecule has 1 aromatic carbocycles. The molecule has 1 heterocycles. The van der Waals surface area contributed by atoms with Gasteiger partial charge in [-0.1, -0.05) is 18.2 Å². The maximum atomic E-state index is 10.7. The molecule has 5 rings (SSSR count). The second-order valence-electron chi connectivity index (χ2n) is 7.42. The third kappa shape index (κ3) is 1.61. The van der Waals surface area contributed by atoms with Crippen LogP contribution < -0.4 is 0 Å². The Morgan fingerprint density at radius 2 is 1.95 bits per heavy atom. The van der Waals surface area contributed by atoms with Crippen molar-refractivity contribution in [1.29, 1.82) is 0 Å². The Balaban J connectivity index is 1.40. The quantitative estimate of drug-likeness (QED) is 0.940. The largest absolute Gasteiger partial charge is 0.392 e. The van der Waals surface area contributed by atoms with Crippen molar-refractivity contribution in [3.8, 4) is 0 Å². The topological polar surface area (TPSA) is 38.0 Å². The average molecular weight is 282 g/mol. The number of aryl methyl sites for hydroxylation is 1. The number of rotatable bonds is 3. The van der Waals surface area contributed by atoms with Crippen LogP contribution >= 0.6 is 0 Å². The summed E-state index contributed by atoms with van der Waals surface area (Å²) < 4.78 is 1.94. The van der Waals surface area contributed by atoms with Gasteiger partial charge in [0.25, 0.3) is 0 Å². The van der Waals surface area contributed by atoms with E-state index in [2.05, 4.69) is 23.3 Å². The van der Waals surface area contributed by atoms with Gasteiger partial charge in [0.1, 0.15) is 0 Å². The van der Waals surface area contributed by atoms with Crippen molar-refractivity contribution in [1.82, 2.24) is 9.78 Å². The van der Waals surface area contributed by atoms with E-state index in [0.717, 1.165) is 41.3 Å². The van der Waals surface area contributed by atoms with Crippen molar-refractivity contribution < 1.29 is 5.11 Å². The molecule has 1 N–H and O–H groups in total. The van der Waals surface area contributed by atoms with Crippen LogP contribution in [0, 0.1) is 29.6 Å². The fourth-order valence-electron chi connectivity index (χ4n) is 5.68. The first kappa shape index (κ1) is 12.2. The van der Waals surface area contributed by atoms with E-state index in [9.17, 15) is 5.11 Å². The number of hydrogen-bond acceptors (Lipinski definition) is 2. The first-order chi connectivity index (χ1) is 10.2. The highest BCUT2D eigenvalue weighted by Gasteiger charge is 2.66. The van der Waals surface area contributed by atoms with E-state index < -0.39 is 0 Å². The molecular formula is C18H22N2O. The van der Waals surface area contributed by atoms with E-state index in [1.165, 1.54) is 24.6 Å². The second kappa shape index (κ2) is 4.10. The summed E-state index contributed by atoms with van der Waals surface area (Å²) in [6, 6.07) is 8.34. The molecule has 0 amide bonds. The van der Waals surface area contributed by atoms with Crippen LogP contribution in [0.3, 0.4) is 0 Å². The molecule has 0 saturated heterocycles. The standard InChI is InChI=1S/C18H22N2O/c1-20-14-5-3-2-4-12(14)13(19-20)9-15(21)18-16-10-6-7-11(8-10)17(16)18/h2-5,10-11,15-18,21H,6-9H2,1H3. The van der Waals surface area contributed by atoms with Crippen molar-refractivity contribution in [3.63, 3.8) is 0 Å². The van der Waals surface area contributed by atoms with Crippen molar-refractivity contribution in [3.05, 3.63) is 30.0 Å². The van der Waals surface area contributed by atoms with E-state index in [4.69, 9.17) is 0 Å². The van der Waals surface area contributed by atoms with Gasteiger partial charge < -0.3 is 5.11 Å². The summed E-state index contributed by atoms with van der Waals surface area (Å²) in [6.07, 6.45) is 4.81. The number of benzene rings is 1. The first-order valence-electron chi connectivity index (χ1n) is 8.32. The van der Waals surface area contributed by atoms with Gasteiger partial charge >= 0.3 is 0 Å². The Labute approximate surface area is 125 Å². The molecule has 0 spiro atoms. The summed E-state index contributed by atoms with van der Waals surface area (Å²) in [5.41, 5.74) is 2.23. The fraction of sp³-hybridized carbons (Fsp3) is 0.611. The zero-order valence-corrected chi connectivity index (χ0v) is 12.4. The van der Waals surface area contributed by atoms with Gasteiger partial charge in [0, 0.05) is 18.9 Å². The van der Waals surface area contributed by atoms with Gasteiger partial charge in [0.05, 0.1) is 17.3 Å². The molecule has 0 aliphatic heterocycles. The maximum absolute atomic E-state index is 10.7. The molecule has 0 radical (unpaired) electrons. The van der Waals surface area contributed by atoms with E-state index >= 15 is 0 Å². The van der Waals surface area contributed by atoms with Gasteiger partial charge in [0.2, 0.25) is 0 Å². The highest BCUT2D eigenvalue weighted by molar-refractivity contribution is 5.81. The van der Waals surface area contributed by atoms with Crippen LogP contribution in [-0.4, -0.2) is 21.0 Å². The van der Waals surface area contributed by atoms with Crippen molar-refractivity contribution in [2.45, 2.75) is 31.8 Å². The lowest BCUT2D eigenvalue weighted by atomic mass is 9.96. The zero-order valence-electron chi connectivity index (χ0n) is 12.4. The predicted octanol–water partition coefficient (Wildman–Crippen LogP) is 2.77.